The van der Waals surface area contributed by atoms with Crippen LogP contribution >= 0.6 is 27.5 Å². The summed E-state index contributed by atoms with van der Waals surface area (Å²) in [5.41, 5.74) is 0.283. The second-order valence-electron chi connectivity index (χ2n) is 5.44. The number of hydrogen-bond acceptors (Lipinski definition) is 4. The summed E-state index contributed by atoms with van der Waals surface area (Å²) in [4.78, 5) is 35.7. The second-order valence-corrected chi connectivity index (χ2v) is 6.79. The van der Waals surface area contributed by atoms with Crippen LogP contribution in [0.25, 0.3) is 0 Å². The third-order valence-electron chi connectivity index (χ3n) is 3.37. The van der Waals surface area contributed by atoms with Gasteiger partial charge in [-0.2, -0.15) is 0 Å². The van der Waals surface area contributed by atoms with Gasteiger partial charge in [0.05, 0.1) is 5.69 Å². The van der Waals surface area contributed by atoms with Crippen LogP contribution in [-0.4, -0.2) is 30.4 Å². The van der Waals surface area contributed by atoms with Crippen molar-refractivity contribution in [1.82, 2.24) is 5.32 Å². The monoisotopic (exact) mass is 456 g/mol. The number of carbonyl (C=O) groups excluding carboxylic acids is 3. The fourth-order valence-corrected chi connectivity index (χ4v) is 2.40. The summed E-state index contributed by atoms with van der Waals surface area (Å²) in [5, 5.41) is 4.88. The van der Waals surface area contributed by atoms with E-state index in [2.05, 4.69) is 26.6 Å². The van der Waals surface area contributed by atoms with Crippen molar-refractivity contribution in [2.75, 3.05) is 11.9 Å². The largest absolute Gasteiger partial charge is 0.451 e. The van der Waals surface area contributed by atoms with Crippen LogP contribution in [0.3, 0.4) is 0 Å². The number of ether oxygens (including phenoxy) is 1. The van der Waals surface area contributed by atoms with E-state index in [1.807, 2.05) is 0 Å². The maximum absolute atomic E-state index is 13.7. The van der Waals surface area contributed by atoms with E-state index < -0.39 is 36.2 Å². The number of benzene rings is 2. The lowest BCUT2D eigenvalue weighted by Crippen LogP contribution is -2.36. The minimum Gasteiger partial charge on any atom is -0.451 e. The number of rotatable bonds is 6. The highest BCUT2D eigenvalue weighted by Crippen LogP contribution is 2.19. The molecule has 0 heterocycles. The van der Waals surface area contributed by atoms with Gasteiger partial charge in [0.1, 0.15) is 12.4 Å². The summed E-state index contributed by atoms with van der Waals surface area (Å²) in [5.74, 6) is -2.69. The molecule has 0 spiro atoms. The molecule has 0 fully saturated rings. The van der Waals surface area contributed by atoms with E-state index >= 15 is 0 Å². The summed E-state index contributed by atoms with van der Waals surface area (Å²) in [6.45, 7) is 0.916. The van der Waals surface area contributed by atoms with Crippen molar-refractivity contribution < 1.29 is 23.5 Å². The minimum atomic E-state index is -1.18. The number of nitrogens with one attached hydrogen (secondary N) is 2. The van der Waals surface area contributed by atoms with E-state index in [0.717, 1.165) is 10.5 Å². The summed E-state index contributed by atoms with van der Waals surface area (Å²) in [6.07, 6.45) is -1.18. The Morgan fingerprint density at radius 2 is 1.85 bits per heavy atom. The van der Waals surface area contributed by atoms with E-state index in [9.17, 15) is 18.8 Å². The van der Waals surface area contributed by atoms with E-state index in [1.165, 1.54) is 19.1 Å². The molecule has 142 valence electrons. The molecule has 0 aliphatic heterocycles. The molecule has 1 atom stereocenters. The lowest BCUT2D eigenvalue weighted by Gasteiger charge is -2.14. The maximum Gasteiger partial charge on any atom is 0.326 e. The predicted molar refractivity (Wildman–Crippen MR) is 102 cm³/mol. The van der Waals surface area contributed by atoms with Crippen molar-refractivity contribution in [3.05, 3.63) is 63.3 Å². The van der Waals surface area contributed by atoms with Crippen molar-refractivity contribution in [3.8, 4) is 0 Å². The van der Waals surface area contributed by atoms with Gasteiger partial charge in [0.25, 0.3) is 11.8 Å². The van der Waals surface area contributed by atoms with Crippen LogP contribution in [0.4, 0.5) is 10.1 Å². The molecule has 1 unspecified atom stereocenters. The van der Waals surface area contributed by atoms with Gasteiger partial charge in [0, 0.05) is 15.1 Å². The van der Waals surface area contributed by atoms with Crippen LogP contribution in [0, 0.1) is 5.82 Å². The molecule has 0 radical (unpaired) electrons. The summed E-state index contributed by atoms with van der Waals surface area (Å²) < 4.78 is 19.4. The summed E-state index contributed by atoms with van der Waals surface area (Å²) in [7, 11) is 0. The van der Waals surface area contributed by atoms with Crippen molar-refractivity contribution >= 4 is 51.0 Å². The van der Waals surface area contributed by atoms with Crippen LogP contribution in [0.1, 0.15) is 17.3 Å². The number of amides is 2. The molecule has 2 N–H and O–H groups in total. The Morgan fingerprint density at radius 1 is 1.19 bits per heavy atom. The fraction of sp³-hybridized carbons (Fsp3) is 0.167. The molecule has 0 aliphatic carbocycles. The fourth-order valence-electron chi connectivity index (χ4n) is 1.97. The number of carbonyl (C=O) groups is 3. The molecule has 2 amide bonds. The van der Waals surface area contributed by atoms with Crippen LogP contribution in [0.5, 0.6) is 0 Å². The van der Waals surface area contributed by atoms with Crippen LogP contribution < -0.4 is 10.6 Å². The molecule has 9 heteroatoms. The van der Waals surface area contributed by atoms with Gasteiger partial charge in [-0.25, -0.2) is 4.39 Å². The molecule has 2 aromatic rings. The van der Waals surface area contributed by atoms with E-state index in [4.69, 9.17) is 16.3 Å². The molecule has 0 saturated heterocycles. The zero-order chi connectivity index (χ0) is 20.0. The molecule has 0 aliphatic rings. The first-order valence-corrected chi connectivity index (χ1v) is 8.92. The predicted octanol–water partition coefficient (Wildman–Crippen LogP) is 3.54. The molecule has 6 nitrogen and oxygen atoms in total. The van der Waals surface area contributed by atoms with Gasteiger partial charge in [-0.1, -0.05) is 27.5 Å². The molecule has 0 saturated carbocycles. The quantitative estimate of drug-likeness (QED) is 0.650. The minimum absolute atomic E-state index is 0.0872. The normalized spacial score (nSPS) is 11.4. The number of hydrogen-bond donors (Lipinski definition) is 2. The summed E-state index contributed by atoms with van der Waals surface area (Å²) in [6, 6.07) is 10.3. The number of halogens is 3. The SMILES string of the molecule is CC(OC(=O)CNC(=O)c1ccc(Br)cc1)C(=O)Nc1ccc(Cl)cc1F. The molecular weight excluding hydrogens is 443 g/mol. The lowest BCUT2D eigenvalue weighted by molar-refractivity contribution is -0.152. The second kappa shape index (κ2) is 9.48. The highest BCUT2D eigenvalue weighted by atomic mass is 79.9. The van der Waals surface area contributed by atoms with Gasteiger partial charge in [-0.3, -0.25) is 14.4 Å². The standard InChI is InChI=1S/C18H15BrClFN2O4/c1-10(17(25)23-15-7-6-13(20)8-14(15)21)27-16(24)9-22-18(26)11-2-4-12(19)5-3-11/h2-8,10H,9H2,1H3,(H,22,26)(H,23,25). The number of anilines is 1. The Labute approximate surface area is 168 Å². The Kier molecular flexibility index (Phi) is 7.32. The van der Waals surface area contributed by atoms with Crippen LogP contribution in [-0.2, 0) is 14.3 Å². The Balaban J connectivity index is 1.82. The molecule has 2 rings (SSSR count). The molecular formula is C18H15BrClFN2O4. The molecule has 2 aromatic carbocycles. The zero-order valence-electron chi connectivity index (χ0n) is 14.1. The van der Waals surface area contributed by atoms with Crippen molar-refractivity contribution in [2.45, 2.75) is 13.0 Å². The zero-order valence-corrected chi connectivity index (χ0v) is 16.4. The van der Waals surface area contributed by atoms with Crippen LogP contribution in [0.2, 0.25) is 5.02 Å². The van der Waals surface area contributed by atoms with Crippen molar-refractivity contribution in [2.24, 2.45) is 0 Å². The third-order valence-corrected chi connectivity index (χ3v) is 4.13. The average Bonchev–Trinajstić information content (AvgIpc) is 2.62. The van der Waals surface area contributed by atoms with Gasteiger partial charge in [0.15, 0.2) is 6.10 Å². The Hall–Kier alpha value is -2.45. The highest BCUT2D eigenvalue weighted by Gasteiger charge is 2.19. The van der Waals surface area contributed by atoms with E-state index in [0.29, 0.717) is 5.56 Å². The molecule has 0 bridgehead atoms. The topological polar surface area (TPSA) is 84.5 Å². The maximum atomic E-state index is 13.7. The Morgan fingerprint density at radius 3 is 2.48 bits per heavy atom. The van der Waals surface area contributed by atoms with Crippen molar-refractivity contribution in [1.29, 1.82) is 0 Å². The highest BCUT2D eigenvalue weighted by molar-refractivity contribution is 9.10. The first-order chi connectivity index (χ1) is 12.8. The van der Waals surface area contributed by atoms with Gasteiger partial charge in [-0.05, 0) is 49.4 Å². The smallest absolute Gasteiger partial charge is 0.326 e. The van der Waals surface area contributed by atoms with Gasteiger partial charge >= 0.3 is 5.97 Å². The summed E-state index contributed by atoms with van der Waals surface area (Å²) >= 11 is 8.89. The Bertz CT molecular complexity index is 861. The average molecular weight is 458 g/mol. The van der Waals surface area contributed by atoms with E-state index in [1.54, 1.807) is 24.3 Å². The molecule has 27 heavy (non-hydrogen) atoms. The van der Waals surface area contributed by atoms with Gasteiger partial charge < -0.3 is 15.4 Å². The first-order valence-electron chi connectivity index (χ1n) is 7.75. The first kappa shape index (κ1) is 20.9. The number of esters is 1. The van der Waals surface area contributed by atoms with Gasteiger partial charge in [0.2, 0.25) is 0 Å². The van der Waals surface area contributed by atoms with E-state index in [-0.39, 0.29) is 10.7 Å². The third kappa shape index (κ3) is 6.33. The molecule has 0 aromatic heterocycles. The van der Waals surface area contributed by atoms with Gasteiger partial charge in [-0.15, -0.1) is 0 Å². The van der Waals surface area contributed by atoms with Crippen molar-refractivity contribution in [3.63, 3.8) is 0 Å². The lowest BCUT2D eigenvalue weighted by atomic mass is 10.2. The van der Waals surface area contributed by atoms with Crippen LogP contribution in [0.15, 0.2) is 46.9 Å².